The lowest BCUT2D eigenvalue weighted by molar-refractivity contribution is 0.730. The van der Waals surface area contributed by atoms with Gasteiger partial charge in [-0.15, -0.1) is 0 Å². The summed E-state index contributed by atoms with van der Waals surface area (Å²) in [5, 5.41) is 5.75. The molecule has 3 heteroatoms. The largest absolute Gasteiger partial charge is 0.319 e. The van der Waals surface area contributed by atoms with Gasteiger partial charge in [0.25, 0.3) is 0 Å². The van der Waals surface area contributed by atoms with Gasteiger partial charge in [-0.05, 0) is 31.0 Å². The van der Waals surface area contributed by atoms with Gasteiger partial charge < -0.3 is 5.73 Å². The lowest BCUT2D eigenvalue weighted by atomic mass is 9.96. The van der Waals surface area contributed by atoms with Gasteiger partial charge in [0.15, 0.2) is 0 Å². The third-order valence-corrected chi connectivity index (χ3v) is 3.84. The molecule has 1 atom stereocenters. The van der Waals surface area contributed by atoms with E-state index in [0.29, 0.717) is 0 Å². The van der Waals surface area contributed by atoms with E-state index in [9.17, 15) is 0 Å². The summed E-state index contributed by atoms with van der Waals surface area (Å²) in [7, 11) is 1.96. The maximum atomic E-state index is 6.47. The van der Waals surface area contributed by atoms with Crippen molar-refractivity contribution in [3.63, 3.8) is 0 Å². The average molecular weight is 265 g/mol. The summed E-state index contributed by atoms with van der Waals surface area (Å²) in [4.78, 5) is 0. The predicted octanol–water partition coefficient (Wildman–Crippen LogP) is 3.24. The van der Waals surface area contributed by atoms with Crippen molar-refractivity contribution < 1.29 is 0 Å². The van der Waals surface area contributed by atoms with Crippen LogP contribution in [0.5, 0.6) is 0 Å². The fourth-order valence-electron chi connectivity index (χ4n) is 2.79. The van der Waals surface area contributed by atoms with Crippen molar-refractivity contribution in [1.82, 2.24) is 9.78 Å². The monoisotopic (exact) mass is 265 g/mol. The molecule has 3 rings (SSSR count). The second kappa shape index (κ2) is 4.76. The molecule has 0 bridgehead atoms. The predicted molar refractivity (Wildman–Crippen MR) is 82.7 cm³/mol. The number of nitrogens with two attached hydrogens (primary N) is 1. The number of hydrogen-bond acceptors (Lipinski definition) is 2. The van der Waals surface area contributed by atoms with Gasteiger partial charge in [-0.2, -0.15) is 5.10 Å². The Balaban J connectivity index is 2.15. The average Bonchev–Trinajstić information content (AvgIpc) is 2.76. The zero-order valence-electron chi connectivity index (χ0n) is 12.1. The number of hydrogen-bond donors (Lipinski definition) is 1. The summed E-state index contributed by atoms with van der Waals surface area (Å²) in [5.41, 5.74) is 12.1. The first kappa shape index (κ1) is 12.9. The van der Waals surface area contributed by atoms with Crippen LogP contribution in [-0.4, -0.2) is 9.78 Å². The van der Waals surface area contributed by atoms with Crippen molar-refractivity contribution in [3.8, 4) is 0 Å². The minimum Gasteiger partial charge on any atom is -0.319 e. The molecule has 0 fully saturated rings. The molecule has 20 heavy (non-hydrogen) atoms. The highest BCUT2D eigenvalue weighted by atomic mass is 15.3. The van der Waals surface area contributed by atoms with Crippen LogP contribution in [0.15, 0.2) is 42.5 Å². The summed E-state index contributed by atoms with van der Waals surface area (Å²) < 4.78 is 1.90. The lowest BCUT2D eigenvalue weighted by Gasteiger charge is -2.13. The molecule has 1 heterocycles. The molecule has 0 spiro atoms. The van der Waals surface area contributed by atoms with E-state index in [1.165, 1.54) is 11.1 Å². The highest BCUT2D eigenvalue weighted by Gasteiger charge is 2.18. The summed E-state index contributed by atoms with van der Waals surface area (Å²) in [6.45, 7) is 4.20. The highest BCUT2D eigenvalue weighted by Crippen LogP contribution is 2.28. The van der Waals surface area contributed by atoms with Gasteiger partial charge in [-0.25, -0.2) is 0 Å². The van der Waals surface area contributed by atoms with Crippen LogP contribution in [0.2, 0.25) is 0 Å². The zero-order chi connectivity index (χ0) is 14.3. The molecule has 3 aromatic rings. The van der Waals surface area contributed by atoms with Crippen molar-refractivity contribution >= 4 is 10.9 Å². The van der Waals surface area contributed by atoms with Crippen LogP contribution in [0, 0.1) is 13.8 Å². The SMILES string of the molecule is Cc1ccc(C(N)c2nn(C)c3ccccc23)c(C)c1. The number of aryl methyl sites for hydroxylation is 3. The first-order valence-corrected chi connectivity index (χ1v) is 6.82. The van der Waals surface area contributed by atoms with Gasteiger partial charge in [-0.3, -0.25) is 4.68 Å². The molecule has 1 unspecified atom stereocenters. The van der Waals surface area contributed by atoms with Crippen LogP contribution in [-0.2, 0) is 7.05 Å². The van der Waals surface area contributed by atoms with E-state index >= 15 is 0 Å². The molecule has 0 aliphatic carbocycles. The Hall–Kier alpha value is -2.13. The summed E-state index contributed by atoms with van der Waals surface area (Å²) in [6.07, 6.45) is 0. The molecule has 2 N–H and O–H groups in total. The summed E-state index contributed by atoms with van der Waals surface area (Å²) >= 11 is 0. The lowest BCUT2D eigenvalue weighted by Crippen LogP contribution is -2.14. The third-order valence-electron chi connectivity index (χ3n) is 3.84. The fourth-order valence-corrected chi connectivity index (χ4v) is 2.79. The van der Waals surface area contributed by atoms with Gasteiger partial charge in [0.2, 0.25) is 0 Å². The second-order valence-electron chi connectivity index (χ2n) is 5.36. The highest BCUT2D eigenvalue weighted by molar-refractivity contribution is 5.82. The molecule has 0 saturated carbocycles. The van der Waals surface area contributed by atoms with Crippen LogP contribution < -0.4 is 5.73 Å². The van der Waals surface area contributed by atoms with E-state index in [1.807, 2.05) is 23.9 Å². The minimum absolute atomic E-state index is 0.193. The van der Waals surface area contributed by atoms with Crippen LogP contribution in [0.4, 0.5) is 0 Å². The maximum Gasteiger partial charge on any atom is 0.0915 e. The van der Waals surface area contributed by atoms with Crippen molar-refractivity contribution in [1.29, 1.82) is 0 Å². The number of aromatic nitrogens is 2. The first-order chi connectivity index (χ1) is 9.58. The standard InChI is InChI=1S/C17H19N3/c1-11-8-9-13(12(2)10-11)16(18)17-14-6-4-5-7-15(14)20(3)19-17/h4-10,16H,18H2,1-3H3. The molecule has 3 nitrogen and oxygen atoms in total. The van der Waals surface area contributed by atoms with E-state index < -0.39 is 0 Å². The Labute approximate surface area is 119 Å². The van der Waals surface area contributed by atoms with Gasteiger partial charge in [0, 0.05) is 12.4 Å². The maximum absolute atomic E-state index is 6.47. The van der Waals surface area contributed by atoms with E-state index in [2.05, 4.69) is 49.3 Å². The van der Waals surface area contributed by atoms with Crippen molar-refractivity contribution in [2.45, 2.75) is 19.9 Å². The molecular formula is C17H19N3. The number of nitrogens with zero attached hydrogens (tertiary/aromatic N) is 2. The molecular weight excluding hydrogens is 246 g/mol. The van der Waals surface area contributed by atoms with Gasteiger partial charge >= 0.3 is 0 Å². The Morgan fingerprint density at radius 3 is 2.60 bits per heavy atom. The van der Waals surface area contributed by atoms with Gasteiger partial charge in [0.1, 0.15) is 0 Å². The van der Waals surface area contributed by atoms with Gasteiger partial charge in [-0.1, -0.05) is 42.0 Å². The second-order valence-corrected chi connectivity index (χ2v) is 5.36. The molecule has 2 aromatic carbocycles. The minimum atomic E-state index is -0.193. The van der Waals surface area contributed by atoms with Crippen molar-refractivity contribution in [2.75, 3.05) is 0 Å². The molecule has 0 saturated heterocycles. The number of rotatable bonds is 2. The van der Waals surface area contributed by atoms with Crippen molar-refractivity contribution in [2.24, 2.45) is 12.8 Å². The van der Waals surface area contributed by atoms with Crippen LogP contribution in [0.1, 0.15) is 28.4 Å². The first-order valence-electron chi connectivity index (χ1n) is 6.82. The van der Waals surface area contributed by atoms with Crippen LogP contribution in [0.25, 0.3) is 10.9 Å². The fraction of sp³-hybridized carbons (Fsp3) is 0.235. The summed E-state index contributed by atoms with van der Waals surface area (Å²) in [6, 6.07) is 14.4. The van der Waals surface area contributed by atoms with E-state index in [1.54, 1.807) is 0 Å². The molecule has 1 aromatic heterocycles. The van der Waals surface area contributed by atoms with Crippen LogP contribution in [0.3, 0.4) is 0 Å². The molecule has 102 valence electrons. The molecule has 0 aliphatic heterocycles. The Morgan fingerprint density at radius 2 is 1.85 bits per heavy atom. The third kappa shape index (κ3) is 2.00. The smallest absolute Gasteiger partial charge is 0.0915 e. The topological polar surface area (TPSA) is 43.8 Å². The zero-order valence-corrected chi connectivity index (χ0v) is 12.1. The van der Waals surface area contributed by atoms with E-state index in [-0.39, 0.29) is 6.04 Å². The Bertz CT molecular complexity index is 771. The summed E-state index contributed by atoms with van der Waals surface area (Å²) in [5.74, 6) is 0. The van der Waals surface area contributed by atoms with Crippen molar-refractivity contribution in [3.05, 3.63) is 64.8 Å². The molecule has 0 aliphatic rings. The van der Waals surface area contributed by atoms with Crippen LogP contribution >= 0.6 is 0 Å². The Morgan fingerprint density at radius 1 is 1.10 bits per heavy atom. The van der Waals surface area contributed by atoms with Gasteiger partial charge in [0.05, 0.1) is 17.3 Å². The molecule has 0 radical (unpaired) electrons. The number of para-hydroxylation sites is 1. The Kier molecular flexibility index (Phi) is 3.07. The number of benzene rings is 2. The molecule has 0 amide bonds. The number of fused-ring (bicyclic) bond motifs is 1. The normalized spacial score (nSPS) is 12.8. The quantitative estimate of drug-likeness (QED) is 0.773. The van der Waals surface area contributed by atoms with E-state index in [4.69, 9.17) is 5.73 Å². The van der Waals surface area contributed by atoms with E-state index in [0.717, 1.165) is 22.2 Å².